The van der Waals surface area contributed by atoms with E-state index in [2.05, 4.69) is 0 Å². The van der Waals surface area contributed by atoms with Gasteiger partial charge in [0.05, 0.1) is 5.60 Å². The molecule has 0 aromatic carbocycles. The summed E-state index contributed by atoms with van der Waals surface area (Å²) in [5, 5.41) is 8.52. The molecule has 0 aliphatic carbocycles. The molecular weight excluding hydrogens is 271 g/mol. The van der Waals surface area contributed by atoms with E-state index in [1.165, 1.54) is 0 Å². The van der Waals surface area contributed by atoms with Crippen LogP contribution in [0.5, 0.6) is 0 Å². The summed E-state index contributed by atoms with van der Waals surface area (Å²) in [6.45, 7) is 5.23. The molecule has 2 heteroatoms. The Morgan fingerprint density at radius 1 is 1.17 bits per heavy atom. The van der Waals surface area contributed by atoms with E-state index in [-0.39, 0.29) is 27.3 Å². The molecule has 0 rings (SSSR count). The maximum absolute atomic E-state index is 8.52. The monoisotopic (exact) mass is 282 g/mol. The third-order valence-electron chi connectivity index (χ3n) is 0. The smallest absolute Gasteiger partial charge is 0.0563 e. The topological polar surface area (TPSA) is 20.2 Å². The van der Waals surface area contributed by atoms with Crippen molar-refractivity contribution in [2.24, 2.45) is 0 Å². The fraction of sp³-hybridized carbons (Fsp3) is 1.00. The minimum Gasteiger partial charge on any atom is -0.391 e. The molecule has 0 spiro atoms. The van der Waals surface area contributed by atoms with Crippen LogP contribution >= 0.6 is 0 Å². The van der Waals surface area contributed by atoms with Crippen LogP contribution in [0, 0.1) is 0 Å². The van der Waals surface area contributed by atoms with Gasteiger partial charge >= 0.3 is 0 Å². The van der Waals surface area contributed by atoms with Crippen molar-refractivity contribution >= 4 is 27.3 Å². The first-order valence-electron chi connectivity index (χ1n) is 1.72. The van der Waals surface area contributed by atoms with Crippen LogP contribution in [0.2, 0.25) is 0 Å². The molecular formula is C4H10OPb. The van der Waals surface area contributed by atoms with Crippen molar-refractivity contribution in [2.45, 2.75) is 26.4 Å². The zero-order valence-electron chi connectivity index (χ0n) is 4.45. The quantitative estimate of drug-likeness (QED) is 0.637. The normalized spacial score (nSPS) is 10.0. The van der Waals surface area contributed by atoms with Gasteiger partial charge in [0.25, 0.3) is 0 Å². The summed E-state index contributed by atoms with van der Waals surface area (Å²) in [5.41, 5.74) is -0.500. The maximum Gasteiger partial charge on any atom is 0.0563 e. The van der Waals surface area contributed by atoms with Crippen LogP contribution in [-0.2, 0) is 0 Å². The van der Waals surface area contributed by atoms with E-state index in [0.29, 0.717) is 0 Å². The Morgan fingerprint density at radius 2 is 1.17 bits per heavy atom. The molecule has 0 bridgehead atoms. The van der Waals surface area contributed by atoms with Crippen LogP contribution < -0.4 is 0 Å². The van der Waals surface area contributed by atoms with Gasteiger partial charge in [-0.25, -0.2) is 0 Å². The van der Waals surface area contributed by atoms with Crippen molar-refractivity contribution in [2.75, 3.05) is 0 Å². The Kier molecular flexibility index (Phi) is 4.93. The second-order valence-corrected chi connectivity index (χ2v) is 2.17. The average molecular weight is 281 g/mol. The van der Waals surface area contributed by atoms with E-state index in [9.17, 15) is 0 Å². The standard InChI is InChI=1S/C4H10O.Pb/c1-4(2,3)5;/h5H,1-3H3;. The van der Waals surface area contributed by atoms with Gasteiger partial charge in [-0.3, -0.25) is 0 Å². The number of aliphatic hydroxyl groups is 1. The molecule has 36 valence electrons. The van der Waals surface area contributed by atoms with E-state index >= 15 is 0 Å². The SMILES string of the molecule is CC(C)(C)O.[Pb]. The van der Waals surface area contributed by atoms with Gasteiger partial charge < -0.3 is 5.11 Å². The predicted octanol–water partition coefficient (Wildman–Crippen LogP) is 0.396. The van der Waals surface area contributed by atoms with Gasteiger partial charge in [-0.1, -0.05) is 0 Å². The number of hydrogen-bond donors (Lipinski definition) is 1. The second-order valence-electron chi connectivity index (χ2n) is 2.17. The van der Waals surface area contributed by atoms with Gasteiger partial charge in [0.2, 0.25) is 0 Å². The summed E-state index contributed by atoms with van der Waals surface area (Å²) < 4.78 is 0. The van der Waals surface area contributed by atoms with E-state index in [1.807, 2.05) is 0 Å². The zero-order chi connectivity index (χ0) is 4.50. The van der Waals surface area contributed by atoms with Gasteiger partial charge in [-0.05, 0) is 20.8 Å². The van der Waals surface area contributed by atoms with Gasteiger partial charge in [0.15, 0.2) is 0 Å². The fourth-order valence-electron chi connectivity index (χ4n) is 0. The van der Waals surface area contributed by atoms with Crippen molar-refractivity contribution in [3.05, 3.63) is 0 Å². The fourth-order valence-corrected chi connectivity index (χ4v) is 0. The summed E-state index contributed by atoms with van der Waals surface area (Å²) in [7, 11) is 0. The molecule has 4 radical (unpaired) electrons. The molecule has 0 saturated carbocycles. The third kappa shape index (κ3) is 94.6. The van der Waals surface area contributed by atoms with Gasteiger partial charge in [0, 0.05) is 27.3 Å². The van der Waals surface area contributed by atoms with Crippen LogP contribution in [0.3, 0.4) is 0 Å². The number of hydrogen-bond acceptors (Lipinski definition) is 1. The summed E-state index contributed by atoms with van der Waals surface area (Å²) in [5.74, 6) is 0. The molecule has 1 nitrogen and oxygen atoms in total. The first kappa shape index (κ1) is 9.99. The third-order valence-corrected chi connectivity index (χ3v) is 0. The van der Waals surface area contributed by atoms with Crippen molar-refractivity contribution in [1.82, 2.24) is 0 Å². The van der Waals surface area contributed by atoms with Gasteiger partial charge in [-0.15, -0.1) is 0 Å². The first-order chi connectivity index (χ1) is 2.00. The molecule has 0 saturated heterocycles. The first-order valence-corrected chi connectivity index (χ1v) is 1.72. The van der Waals surface area contributed by atoms with Crippen molar-refractivity contribution in [3.63, 3.8) is 0 Å². The van der Waals surface area contributed by atoms with Crippen LogP contribution in [0.15, 0.2) is 0 Å². The molecule has 0 atom stereocenters. The molecule has 0 amide bonds. The molecule has 6 heavy (non-hydrogen) atoms. The van der Waals surface area contributed by atoms with Crippen molar-refractivity contribution in [3.8, 4) is 0 Å². The molecule has 0 unspecified atom stereocenters. The Bertz CT molecular complexity index is 23.0. The van der Waals surface area contributed by atoms with Crippen molar-refractivity contribution < 1.29 is 5.11 Å². The molecule has 0 heterocycles. The Morgan fingerprint density at radius 3 is 1.17 bits per heavy atom. The van der Waals surface area contributed by atoms with E-state index in [4.69, 9.17) is 5.11 Å². The van der Waals surface area contributed by atoms with Crippen LogP contribution in [0.4, 0.5) is 0 Å². The Labute approximate surface area is 58.9 Å². The predicted molar refractivity (Wildman–Crippen MR) is 27.7 cm³/mol. The van der Waals surface area contributed by atoms with Crippen molar-refractivity contribution in [1.29, 1.82) is 0 Å². The average Bonchev–Trinajstić information content (AvgIpc) is 0.722. The van der Waals surface area contributed by atoms with E-state index in [1.54, 1.807) is 20.8 Å². The number of rotatable bonds is 0. The zero-order valence-corrected chi connectivity index (χ0v) is 8.33. The molecule has 0 aromatic heterocycles. The molecule has 0 aromatic rings. The van der Waals surface area contributed by atoms with E-state index < -0.39 is 5.60 Å². The van der Waals surface area contributed by atoms with Crippen LogP contribution in [0.1, 0.15) is 20.8 Å². The summed E-state index contributed by atoms with van der Waals surface area (Å²) >= 11 is 0. The Hall–Kier alpha value is 0.882. The van der Waals surface area contributed by atoms with Crippen LogP contribution in [0.25, 0.3) is 0 Å². The van der Waals surface area contributed by atoms with Gasteiger partial charge in [0.1, 0.15) is 0 Å². The molecule has 0 fully saturated rings. The summed E-state index contributed by atoms with van der Waals surface area (Å²) in [6.07, 6.45) is 0. The van der Waals surface area contributed by atoms with Gasteiger partial charge in [-0.2, -0.15) is 0 Å². The van der Waals surface area contributed by atoms with Crippen LogP contribution in [-0.4, -0.2) is 38.0 Å². The minimum atomic E-state index is -0.500. The Balaban J connectivity index is 0. The van der Waals surface area contributed by atoms with E-state index in [0.717, 1.165) is 0 Å². The summed E-state index contributed by atoms with van der Waals surface area (Å²) in [4.78, 5) is 0. The molecule has 0 aliphatic heterocycles. The largest absolute Gasteiger partial charge is 0.391 e. The minimum absolute atomic E-state index is 0. The molecule has 0 aliphatic rings. The molecule has 1 N–H and O–H groups in total. The second kappa shape index (κ2) is 2.96. The summed E-state index contributed by atoms with van der Waals surface area (Å²) in [6, 6.07) is 0. The maximum atomic E-state index is 8.52.